The minimum atomic E-state index is -0.458. The van der Waals surface area contributed by atoms with Crippen LogP contribution in [0.15, 0.2) is 36.4 Å². The number of nitrogens with zero attached hydrogens (tertiary/aromatic N) is 2. The summed E-state index contributed by atoms with van der Waals surface area (Å²) < 4.78 is 31.0. The van der Waals surface area contributed by atoms with Crippen molar-refractivity contribution in [3.63, 3.8) is 0 Å². The van der Waals surface area contributed by atoms with Gasteiger partial charge in [-0.15, -0.1) is 0 Å². The number of carbonyl (C=O) groups excluding carboxylic acids is 2. The third kappa shape index (κ3) is 5.70. The van der Waals surface area contributed by atoms with Gasteiger partial charge in [0.2, 0.25) is 0 Å². The van der Waals surface area contributed by atoms with Crippen LogP contribution >= 0.6 is 11.6 Å². The number of amides is 1. The lowest BCUT2D eigenvalue weighted by molar-refractivity contribution is -0.144. The van der Waals surface area contributed by atoms with Crippen molar-refractivity contribution in [1.82, 2.24) is 9.80 Å². The molecule has 0 aromatic heterocycles. The molecule has 2 saturated heterocycles. The van der Waals surface area contributed by atoms with Gasteiger partial charge < -0.3 is 24.0 Å². The Morgan fingerprint density at radius 2 is 1.97 bits per heavy atom. The van der Waals surface area contributed by atoms with Crippen molar-refractivity contribution in [3.8, 4) is 11.5 Å². The van der Waals surface area contributed by atoms with Gasteiger partial charge in [0.05, 0.1) is 25.2 Å². The van der Waals surface area contributed by atoms with Crippen molar-refractivity contribution < 1.29 is 28.2 Å². The van der Waals surface area contributed by atoms with E-state index in [2.05, 4.69) is 4.90 Å². The molecule has 0 N–H and O–H groups in total. The van der Waals surface area contributed by atoms with Gasteiger partial charge in [0.25, 0.3) is 5.91 Å². The van der Waals surface area contributed by atoms with E-state index in [0.29, 0.717) is 31.7 Å². The normalized spacial score (nSPS) is 20.5. The number of methoxy groups -OCH3 is 1. The van der Waals surface area contributed by atoms with Crippen LogP contribution in [0.25, 0.3) is 0 Å². The molecule has 1 atom stereocenters. The number of ether oxygens (including phenoxy) is 3. The number of piperidine rings is 1. The van der Waals surface area contributed by atoms with E-state index in [1.165, 1.54) is 30.9 Å². The van der Waals surface area contributed by atoms with Gasteiger partial charge in [0.15, 0.2) is 0 Å². The minimum Gasteiger partial charge on any atom is -0.493 e. The largest absolute Gasteiger partial charge is 0.493 e. The van der Waals surface area contributed by atoms with Crippen LogP contribution in [0.1, 0.15) is 41.6 Å². The van der Waals surface area contributed by atoms with Crippen molar-refractivity contribution in [3.05, 3.63) is 58.4 Å². The van der Waals surface area contributed by atoms with Gasteiger partial charge in [-0.25, -0.2) is 4.39 Å². The second-order valence-electron chi connectivity index (χ2n) is 10.2. The average molecular weight is 531 g/mol. The van der Waals surface area contributed by atoms with Gasteiger partial charge in [-0.05, 0) is 48.7 Å². The maximum Gasteiger partial charge on any atom is 0.310 e. The molecule has 0 unspecified atom stereocenters. The molecule has 37 heavy (non-hydrogen) atoms. The molecule has 2 fully saturated rings. The molecule has 3 aliphatic rings. The van der Waals surface area contributed by atoms with E-state index in [-0.39, 0.29) is 29.1 Å². The molecule has 198 valence electrons. The summed E-state index contributed by atoms with van der Waals surface area (Å²) in [7, 11) is 1.35. The van der Waals surface area contributed by atoms with Crippen LogP contribution in [0.2, 0.25) is 5.02 Å². The summed E-state index contributed by atoms with van der Waals surface area (Å²) in [5.41, 5.74) is 1.36. The fraction of sp³-hybridized carbons (Fsp3) is 0.500. The number of benzene rings is 2. The monoisotopic (exact) mass is 530 g/mol. The lowest BCUT2D eigenvalue weighted by atomic mass is 9.87. The van der Waals surface area contributed by atoms with Crippen LogP contribution < -0.4 is 9.47 Å². The van der Waals surface area contributed by atoms with Crippen LogP contribution in [-0.4, -0.2) is 73.7 Å². The Labute approximate surface area is 221 Å². The van der Waals surface area contributed by atoms with Crippen LogP contribution in [0.5, 0.6) is 11.5 Å². The van der Waals surface area contributed by atoms with E-state index in [1.807, 2.05) is 18.2 Å². The summed E-state index contributed by atoms with van der Waals surface area (Å²) >= 11 is 6.15. The standard InChI is InChI=1S/C28H32ClFN2O5/c1-35-27(34)19-7-11-32(18-19)26(33)23-5-4-22(30)16-25(23)36-14-2-10-31-12-8-28(9-13-31)17-20-15-21(29)3-6-24(20)37-28/h3-6,15-16,19H,2,7-14,17-18H2,1H3/t19-/m1/s1. The van der Waals surface area contributed by atoms with Crippen LogP contribution in [0.4, 0.5) is 4.39 Å². The molecule has 9 heteroatoms. The molecular formula is C28H32ClFN2O5. The Morgan fingerprint density at radius 1 is 1.16 bits per heavy atom. The summed E-state index contributed by atoms with van der Waals surface area (Å²) in [5.74, 6) is -0.185. The first kappa shape index (κ1) is 25.8. The predicted octanol–water partition coefficient (Wildman–Crippen LogP) is 4.35. The summed E-state index contributed by atoms with van der Waals surface area (Å²) in [4.78, 5) is 28.9. The highest BCUT2D eigenvalue weighted by atomic mass is 35.5. The Morgan fingerprint density at radius 3 is 2.76 bits per heavy atom. The van der Waals surface area contributed by atoms with Gasteiger partial charge in [-0.1, -0.05) is 11.6 Å². The summed E-state index contributed by atoms with van der Waals surface area (Å²) in [6.45, 7) is 3.83. The number of likely N-dealkylation sites (tertiary alicyclic amines) is 2. The molecule has 3 heterocycles. The summed E-state index contributed by atoms with van der Waals surface area (Å²) in [6, 6.07) is 9.80. The fourth-order valence-corrected chi connectivity index (χ4v) is 5.80. The highest BCUT2D eigenvalue weighted by molar-refractivity contribution is 6.30. The Kier molecular flexibility index (Phi) is 7.58. The first-order valence-electron chi connectivity index (χ1n) is 12.8. The average Bonchev–Trinajstić information content (AvgIpc) is 3.52. The molecule has 7 nitrogen and oxygen atoms in total. The molecule has 1 amide bonds. The second-order valence-corrected chi connectivity index (χ2v) is 10.6. The van der Waals surface area contributed by atoms with Crippen LogP contribution in [0.3, 0.4) is 0 Å². The highest BCUT2D eigenvalue weighted by Crippen LogP contribution is 2.42. The summed E-state index contributed by atoms with van der Waals surface area (Å²) in [6.07, 6.45) is 4.10. The Hall–Kier alpha value is -2.84. The maximum absolute atomic E-state index is 14.0. The number of hydrogen-bond acceptors (Lipinski definition) is 6. The molecule has 2 aromatic carbocycles. The Bertz CT molecular complexity index is 1170. The minimum absolute atomic E-state index is 0.140. The number of carbonyl (C=O) groups is 2. The van der Waals surface area contributed by atoms with Crippen molar-refractivity contribution in [2.45, 2.75) is 37.7 Å². The molecule has 5 rings (SSSR count). The number of hydrogen-bond donors (Lipinski definition) is 0. The number of fused-ring (bicyclic) bond motifs is 1. The maximum atomic E-state index is 14.0. The second kappa shape index (κ2) is 10.9. The predicted molar refractivity (Wildman–Crippen MR) is 137 cm³/mol. The van der Waals surface area contributed by atoms with E-state index >= 15 is 0 Å². The van der Waals surface area contributed by atoms with Gasteiger partial charge in [-0.3, -0.25) is 9.59 Å². The van der Waals surface area contributed by atoms with E-state index in [0.717, 1.165) is 56.1 Å². The number of halogens is 2. The third-order valence-corrected chi connectivity index (χ3v) is 7.92. The van der Waals surface area contributed by atoms with Crippen molar-refractivity contribution in [2.75, 3.05) is 46.4 Å². The first-order valence-corrected chi connectivity index (χ1v) is 13.2. The van der Waals surface area contributed by atoms with E-state index in [4.69, 9.17) is 25.8 Å². The number of rotatable bonds is 7. The van der Waals surface area contributed by atoms with E-state index in [9.17, 15) is 14.0 Å². The fourth-order valence-electron chi connectivity index (χ4n) is 5.60. The van der Waals surface area contributed by atoms with Gasteiger partial charge in [0, 0.05) is 63.1 Å². The Balaban J connectivity index is 1.10. The van der Waals surface area contributed by atoms with Gasteiger partial charge in [-0.2, -0.15) is 0 Å². The van der Waals surface area contributed by atoms with Crippen molar-refractivity contribution in [2.24, 2.45) is 5.92 Å². The molecule has 3 aliphatic heterocycles. The summed E-state index contributed by atoms with van der Waals surface area (Å²) in [5, 5.41) is 0.741. The zero-order valence-electron chi connectivity index (χ0n) is 21.0. The molecule has 0 saturated carbocycles. The number of esters is 1. The molecule has 2 aromatic rings. The SMILES string of the molecule is COC(=O)[C@@H]1CCN(C(=O)c2ccc(F)cc2OCCCN2CCC3(CC2)Cc2cc(Cl)ccc2O3)C1. The third-order valence-electron chi connectivity index (χ3n) is 7.69. The van der Waals surface area contributed by atoms with E-state index in [1.54, 1.807) is 4.90 Å². The van der Waals surface area contributed by atoms with Crippen LogP contribution in [-0.2, 0) is 16.0 Å². The molecular weight excluding hydrogens is 499 g/mol. The van der Waals surface area contributed by atoms with Crippen molar-refractivity contribution >= 4 is 23.5 Å². The molecule has 0 aliphatic carbocycles. The van der Waals surface area contributed by atoms with Gasteiger partial charge in [0.1, 0.15) is 22.9 Å². The van der Waals surface area contributed by atoms with E-state index < -0.39 is 5.82 Å². The van der Waals surface area contributed by atoms with Crippen LogP contribution in [0, 0.1) is 11.7 Å². The first-order chi connectivity index (χ1) is 17.9. The topological polar surface area (TPSA) is 68.3 Å². The van der Waals surface area contributed by atoms with Gasteiger partial charge >= 0.3 is 5.97 Å². The molecule has 1 spiro atoms. The highest BCUT2D eigenvalue weighted by Gasteiger charge is 2.42. The van der Waals surface area contributed by atoms with Crippen molar-refractivity contribution in [1.29, 1.82) is 0 Å². The quantitative estimate of drug-likeness (QED) is 0.391. The lowest BCUT2D eigenvalue weighted by Crippen LogP contribution is -2.47. The zero-order valence-corrected chi connectivity index (χ0v) is 21.8. The zero-order chi connectivity index (χ0) is 26.0. The molecule has 0 bridgehead atoms. The lowest BCUT2D eigenvalue weighted by Gasteiger charge is -2.38. The smallest absolute Gasteiger partial charge is 0.310 e. The molecule has 0 radical (unpaired) electrons.